The number of benzene rings is 1. The fraction of sp³-hybridized carbons (Fsp3) is 0.667. The lowest BCUT2D eigenvalue weighted by molar-refractivity contribution is -0.146. The summed E-state index contributed by atoms with van der Waals surface area (Å²) in [5.41, 5.74) is 2.08. The predicted octanol–water partition coefficient (Wildman–Crippen LogP) is 2.81. The third-order valence-electron chi connectivity index (χ3n) is 6.69. The van der Waals surface area contributed by atoms with Gasteiger partial charge in [-0.05, 0) is 50.2 Å². The molecule has 0 radical (unpaired) electrons. The van der Waals surface area contributed by atoms with Gasteiger partial charge in [0.15, 0.2) is 0 Å². The summed E-state index contributed by atoms with van der Waals surface area (Å²) in [6.07, 6.45) is 5.38. The van der Waals surface area contributed by atoms with Crippen LogP contribution in [0.4, 0.5) is 0 Å². The molecular weight excluding hydrogens is 314 g/mol. The third-order valence-corrected chi connectivity index (χ3v) is 6.69. The van der Waals surface area contributed by atoms with Crippen LogP contribution in [0.25, 0.3) is 0 Å². The highest BCUT2D eigenvalue weighted by molar-refractivity contribution is 5.90. The topological polar surface area (TPSA) is 49.8 Å². The maximum absolute atomic E-state index is 13.7. The number of likely N-dealkylation sites (tertiary alicyclic amines) is 1. The predicted molar refractivity (Wildman–Crippen MR) is 96.4 cm³/mol. The van der Waals surface area contributed by atoms with Gasteiger partial charge in [-0.2, -0.15) is 0 Å². The number of aliphatic hydroxyl groups is 1. The lowest BCUT2D eigenvalue weighted by Gasteiger charge is -2.47. The number of carbonyl (C=O) groups is 1. The van der Waals surface area contributed by atoms with E-state index in [0.717, 1.165) is 38.6 Å². The van der Waals surface area contributed by atoms with Crippen molar-refractivity contribution in [1.82, 2.24) is 4.90 Å². The minimum Gasteiger partial charge on any atom is -0.393 e. The van der Waals surface area contributed by atoms with E-state index < -0.39 is 0 Å². The standard InChI is InChI=1S/C21H29NO3/c1-15-6-2-3-7-17(15)21(10-5-11-21)20(24)22-12-4-8-18(22)16-14-25-13-9-19(16)23/h2-3,6-7,16,18-19,23H,4-5,8-14H2,1H3. The van der Waals surface area contributed by atoms with Crippen molar-refractivity contribution in [2.45, 2.75) is 63.0 Å². The molecule has 4 rings (SSSR count). The highest BCUT2D eigenvalue weighted by Crippen LogP contribution is 2.48. The lowest BCUT2D eigenvalue weighted by atomic mass is 9.62. The molecule has 1 N–H and O–H groups in total. The van der Waals surface area contributed by atoms with E-state index in [1.807, 2.05) is 6.07 Å². The molecule has 1 aromatic carbocycles. The zero-order valence-corrected chi connectivity index (χ0v) is 15.1. The molecule has 0 aromatic heterocycles. The molecule has 2 saturated heterocycles. The first kappa shape index (κ1) is 17.0. The molecule has 1 amide bonds. The Labute approximate surface area is 150 Å². The summed E-state index contributed by atoms with van der Waals surface area (Å²) in [6.45, 7) is 4.14. The first-order valence-corrected chi connectivity index (χ1v) is 9.76. The van der Waals surface area contributed by atoms with Crippen molar-refractivity contribution < 1.29 is 14.6 Å². The van der Waals surface area contributed by atoms with Gasteiger partial charge in [-0.15, -0.1) is 0 Å². The monoisotopic (exact) mass is 343 g/mol. The summed E-state index contributed by atoms with van der Waals surface area (Å²) in [4.78, 5) is 15.8. The summed E-state index contributed by atoms with van der Waals surface area (Å²) >= 11 is 0. The summed E-state index contributed by atoms with van der Waals surface area (Å²) in [5, 5.41) is 10.4. The Morgan fingerprint density at radius 1 is 1.24 bits per heavy atom. The highest BCUT2D eigenvalue weighted by atomic mass is 16.5. The summed E-state index contributed by atoms with van der Waals surface area (Å²) in [5.74, 6) is 0.350. The van der Waals surface area contributed by atoms with Gasteiger partial charge in [-0.1, -0.05) is 30.7 Å². The van der Waals surface area contributed by atoms with E-state index in [9.17, 15) is 9.90 Å². The van der Waals surface area contributed by atoms with E-state index in [-0.39, 0.29) is 29.4 Å². The molecule has 1 saturated carbocycles. The minimum atomic E-state index is -0.344. The average Bonchev–Trinajstić information content (AvgIpc) is 3.05. The van der Waals surface area contributed by atoms with E-state index in [1.165, 1.54) is 11.1 Å². The Morgan fingerprint density at radius 2 is 2.04 bits per heavy atom. The first-order valence-electron chi connectivity index (χ1n) is 9.76. The molecule has 0 bridgehead atoms. The molecule has 2 aliphatic heterocycles. The number of amides is 1. The van der Waals surface area contributed by atoms with Gasteiger partial charge in [0.2, 0.25) is 5.91 Å². The summed E-state index contributed by atoms with van der Waals surface area (Å²) in [7, 11) is 0. The van der Waals surface area contributed by atoms with Crippen molar-refractivity contribution >= 4 is 5.91 Å². The van der Waals surface area contributed by atoms with Crippen molar-refractivity contribution in [3.05, 3.63) is 35.4 Å². The number of carbonyl (C=O) groups excluding carboxylic acids is 1. The molecule has 25 heavy (non-hydrogen) atoms. The molecule has 4 heteroatoms. The number of rotatable bonds is 3. The molecule has 1 aliphatic carbocycles. The molecule has 1 aromatic rings. The van der Waals surface area contributed by atoms with Gasteiger partial charge in [0.05, 0.1) is 18.1 Å². The SMILES string of the molecule is Cc1ccccc1C1(C(=O)N2CCCC2C2COCCC2O)CCC1. The van der Waals surface area contributed by atoms with Crippen molar-refractivity contribution in [2.75, 3.05) is 19.8 Å². The van der Waals surface area contributed by atoms with E-state index in [1.54, 1.807) is 0 Å². The second-order valence-electron chi connectivity index (χ2n) is 8.05. The minimum absolute atomic E-state index is 0.0641. The van der Waals surface area contributed by atoms with Crippen LogP contribution in [-0.2, 0) is 14.9 Å². The average molecular weight is 343 g/mol. The van der Waals surface area contributed by atoms with Crippen LogP contribution in [0.5, 0.6) is 0 Å². The van der Waals surface area contributed by atoms with Gasteiger partial charge in [0.1, 0.15) is 0 Å². The molecule has 3 unspecified atom stereocenters. The van der Waals surface area contributed by atoms with Crippen molar-refractivity contribution in [3.63, 3.8) is 0 Å². The van der Waals surface area contributed by atoms with Gasteiger partial charge in [-0.3, -0.25) is 4.79 Å². The van der Waals surface area contributed by atoms with Crippen LogP contribution in [0, 0.1) is 12.8 Å². The summed E-state index contributed by atoms with van der Waals surface area (Å²) < 4.78 is 5.62. The second kappa shape index (κ2) is 6.73. The normalized spacial score (nSPS) is 31.6. The van der Waals surface area contributed by atoms with Gasteiger partial charge < -0.3 is 14.7 Å². The number of ether oxygens (including phenoxy) is 1. The van der Waals surface area contributed by atoms with Crippen molar-refractivity contribution in [2.24, 2.45) is 5.92 Å². The van der Waals surface area contributed by atoms with Crippen LogP contribution in [0.2, 0.25) is 0 Å². The smallest absolute Gasteiger partial charge is 0.233 e. The molecule has 0 spiro atoms. The zero-order valence-electron chi connectivity index (χ0n) is 15.1. The number of aryl methyl sites for hydroxylation is 1. The number of nitrogens with zero attached hydrogens (tertiary/aromatic N) is 1. The van der Waals surface area contributed by atoms with Gasteiger partial charge in [0.25, 0.3) is 0 Å². The molecule has 2 heterocycles. The zero-order chi connectivity index (χ0) is 17.4. The van der Waals surface area contributed by atoms with Gasteiger partial charge in [-0.25, -0.2) is 0 Å². The van der Waals surface area contributed by atoms with Crippen molar-refractivity contribution in [3.8, 4) is 0 Å². The summed E-state index contributed by atoms with van der Waals surface area (Å²) in [6, 6.07) is 8.48. The Hall–Kier alpha value is -1.39. The van der Waals surface area contributed by atoms with Gasteiger partial charge >= 0.3 is 0 Å². The highest BCUT2D eigenvalue weighted by Gasteiger charge is 2.51. The Morgan fingerprint density at radius 3 is 2.72 bits per heavy atom. The molecule has 3 fully saturated rings. The van der Waals surface area contributed by atoms with Crippen LogP contribution < -0.4 is 0 Å². The maximum Gasteiger partial charge on any atom is 0.233 e. The fourth-order valence-corrected chi connectivity index (χ4v) is 5.12. The van der Waals surface area contributed by atoms with Gasteiger partial charge in [0, 0.05) is 25.1 Å². The van der Waals surface area contributed by atoms with Crippen LogP contribution in [0.15, 0.2) is 24.3 Å². The molecule has 4 nitrogen and oxygen atoms in total. The Bertz CT molecular complexity index is 640. The first-order chi connectivity index (χ1) is 12.1. The fourth-order valence-electron chi connectivity index (χ4n) is 5.12. The largest absolute Gasteiger partial charge is 0.393 e. The lowest BCUT2D eigenvalue weighted by Crippen LogP contribution is -2.56. The number of hydrogen-bond donors (Lipinski definition) is 1. The number of aliphatic hydroxyl groups excluding tert-OH is 1. The van der Waals surface area contributed by atoms with Crippen LogP contribution in [0.1, 0.15) is 49.7 Å². The second-order valence-corrected chi connectivity index (χ2v) is 8.05. The van der Waals surface area contributed by atoms with E-state index in [0.29, 0.717) is 19.6 Å². The van der Waals surface area contributed by atoms with Crippen molar-refractivity contribution in [1.29, 1.82) is 0 Å². The Kier molecular flexibility index (Phi) is 4.59. The Balaban J connectivity index is 1.61. The maximum atomic E-state index is 13.7. The van der Waals surface area contributed by atoms with E-state index >= 15 is 0 Å². The van der Waals surface area contributed by atoms with Crippen LogP contribution in [-0.4, -0.2) is 47.8 Å². The van der Waals surface area contributed by atoms with Crippen LogP contribution in [0.3, 0.4) is 0 Å². The van der Waals surface area contributed by atoms with E-state index in [4.69, 9.17) is 4.74 Å². The molecular formula is C21H29NO3. The quantitative estimate of drug-likeness (QED) is 0.918. The third kappa shape index (κ3) is 2.80. The molecule has 136 valence electrons. The number of hydrogen-bond acceptors (Lipinski definition) is 3. The molecule has 3 atom stereocenters. The van der Waals surface area contributed by atoms with Crippen LogP contribution >= 0.6 is 0 Å². The van der Waals surface area contributed by atoms with E-state index in [2.05, 4.69) is 30.0 Å². The molecule has 3 aliphatic rings.